The van der Waals surface area contributed by atoms with Gasteiger partial charge in [-0.2, -0.15) is 0 Å². The molecule has 6 nitrogen and oxygen atoms in total. The Morgan fingerprint density at radius 2 is 1.79 bits per heavy atom. The lowest BCUT2D eigenvalue weighted by Crippen LogP contribution is -2.26. The number of nitrogens with zero attached hydrogens (tertiary/aromatic N) is 1. The normalized spacial score (nSPS) is 10.6. The number of unbranched alkanes of at least 4 members (excludes halogenated alkanes) is 1. The van der Waals surface area contributed by atoms with E-state index in [9.17, 15) is 19.9 Å². The van der Waals surface area contributed by atoms with Crippen molar-refractivity contribution in [3.8, 4) is 5.75 Å². The lowest BCUT2D eigenvalue weighted by atomic mass is 10.1. The van der Waals surface area contributed by atoms with Crippen LogP contribution in [0, 0.1) is 0 Å². The van der Waals surface area contributed by atoms with Gasteiger partial charge in [0.25, 0.3) is 0 Å². The quantitative estimate of drug-likeness (QED) is 0.352. The molecule has 0 saturated heterocycles. The Morgan fingerprint density at radius 1 is 1.08 bits per heavy atom. The number of fused-ring (bicyclic) bond motifs is 1. The van der Waals surface area contributed by atoms with E-state index in [0.717, 1.165) is 5.39 Å². The number of carbonyl (C=O) groups excluding carboxylic acids is 2. The van der Waals surface area contributed by atoms with E-state index in [4.69, 9.17) is 0 Å². The van der Waals surface area contributed by atoms with Crippen LogP contribution in [0.25, 0.3) is 10.8 Å². The zero-order valence-corrected chi connectivity index (χ0v) is 13.6. The molecule has 2 aromatic rings. The molecule has 0 spiro atoms. The monoisotopic (exact) mass is 331 g/mol. The third kappa shape index (κ3) is 4.45. The minimum absolute atomic E-state index is 0.0608. The first-order valence-electron chi connectivity index (χ1n) is 7.78. The number of amides is 1. The predicted molar refractivity (Wildman–Crippen MR) is 88.4 cm³/mol. The SMILES string of the molecule is COC(=O)CCCCC(=O)N(O)Cc1ccc2ccccc2c1O. The molecule has 0 aromatic heterocycles. The smallest absolute Gasteiger partial charge is 0.305 e. The van der Waals surface area contributed by atoms with Gasteiger partial charge < -0.3 is 9.84 Å². The van der Waals surface area contributed by atoms with Gasteiger partial charge in [-0.15, -0.1) is 0 Å². The van der Waals surface area contributed by atoms with E-state index in [1.54, 1.807) is 12.1 Å². The first-order valence-corrected chi connectivity index (χ1v) is 7.78. The van der Waals surface area contributed by atoms with Gasteiger partial charge in [-0.1, -0.05) is 36.4 Å². The Balaban J connectivity index is 1.92. The van der Waals surface area contributed by atoms with Gasteiger partial charge in [-0.05, 0) is 18.2 Å². The van der Waals surface area contributed by atoms with Crippen molar-refractivity contribution < 1.29 is 24.6 Å². The van der Waals surface area contributed by atoms with Crippen molar-refractivity contribution in [2.75, 3.05) is 7.11 Å². The molecule has 24 heavy (non-hydrogen) atoms. The summed E-state index contributed by atoms with van der Waals surface area (Å²) in [7, 11) is 1.32. The highest BCUT2D eigenvalue weighted by molar-refractivity contribution is 5.89. The lowest BCUT2D eigenvalue weighted by molar-refractivity contribution is -0.168. The van der Waals surface area contributed by atoms with Crippen LogP contribution in [-0.2, 0) is 20.9 Å². The van der Waals surface area contributed by atoms with E-state index in [2.05, 4.69) is 4.74 Å². The second-order valence-electron chi connectivity index (χ2n) is 5.53. The fourth-order valence-corrected chi connectivity index (χ4v) is 2.45. The summed E-state index contributed by atoms with van der Waals surface area (Å²) in [6.07, 6.45) is 1.38. The van der Waals surface area contributed by atoms with Crippen LogP contribution in [0.1, 0.15) is 31.2 Å². The van der Waals surface area contributed by atoms with Crippen molar-refractivity contribution in [2.24, 2.45) is 0 Å². The molecule has 0 radical (unpaired) electrons. The van der Waals surface area contributed by atoms with E-state index in [1.165, 1.54) is 7.11 Å². The number of carbonyl (C=O) groups is 2. The molecular weight excluding hydrogens is 310 g/mol. The van der Waals surface area contributed by atoms with Crippen LogP contribution in [0.3, 0.4) is 0 Å². The van der Waals surface area contributed by atoms with Crippen molar-refractivity contribution >= 4 is 22.6 Å². The number of phenols is 1. The lowest BCUT2D eigenvalue weighted by Gasteiger charge is -2.16. The third-order valence-electron chi connectivity index (χ3n) is 3.84. The van der Waals surface area contributed by atoms with Gasteiger partial charge in [0.1, 0.15) is 5.75 Å². The second kappa shape index (κ2) is 8.31. The number of benzene rings is 2. The molecule has 1 amide bonds. The molecular formula is C18H21NO5. The summed E-state index contributed by atoms with van der Waals surface area (Å²) >= 11 is 0. The Bertz CT molecular complexity index is 728. The highest BCUT2D eigenvalue weighted by atomic mass is 16.5. The first-order chi connectivity index (χ1) is 11.5. The molecule has 0 fully saturated rings. The van der Waals surface area contributed by atoms with E-state index in [1.807, 2.05) is 24.3 Å². The minimum Gasteiger partial charge on any atom is -0.507 e. The topological polar surface area (TPSA) is 87.1 Å². The van der Waals surface area contributed by atoms with Crippen molar-refractivity contribution in [1.82, 2.24) is 5.06 Å². The zero-order chi connectivity index (χ0) is 17.5. The number of phenolic OH excluding ortho intramolecular Hbond substituents is 1. The van der Waals surface area contributed by atoms with Crippen molar-refractivity contribution in [1.29, 1.82) is 0 Å². The highest BCUT2D eigenvalue weighted by Gasteiger charge is 2.15. The summed E-state index contributed by atoms with van der Waals surface area (Å²) in [6.45, 7) is -0.0908. The van der Waals surface area contributed by atoms with Crippen molar-refractivity contribution in [2.45, 2.75) is 32.2 Å². The second-order valence-corrected chi connectivity index (χ2v) is 5.53. The third-order valence-corrected chi connectivity index (χ3v) is 3.84. The minimum atomic E-state index is -0.451. The summed E-state index contributed by atoms with van der Waals surface area (Å²) < 4.78 is 4.52. The number of hydrogen-bond donors (Lipinski definition) is 2. The van der Waals surface area contributed by atoms with Gasteiger partial charge in [0.05, 0.1) is 13.7 Å². The van der Waals surface area contributed by atoms with Crippen LogP contribution in [0.15, 0.2) is 36.4 Å². The molecule has 0 heterocycles. The predicted octanol–water partition coefficient (Wildman–Crippen LogP) is 3.00. The number of ether oxygens (including phenoxy) is 1. The van der Waals surface area contributed by atoms with Gasteiger partial charge in [-0.3, -0.25) is 14.8 Å². The van der Waals surface area contributed by atoms with E-state index >= 15 is 0 Å². The molecule has 6 heteroatoms. The number of methoxy groups -OCH3 is 1. The number of aromatic hydroxyl groups is 1. The standard InChI is InChI=1S/C18H21NO5/c1-24-17(21)9-5-4-8-16(20)19(23)12-14-11-10-13-6-2-3-7-15(13)18(14)22/h2-3,6-7,10-11,22-23H,4-5,8-9,12H2,1H3. The van der Waals surface area contributed by atoms with Crippen LogP contribution in [-0.4, -0.2) is 34.4 Å². The highest BCUT2D eigenvalue weighted by Crippen LogP contribution is 2.29. The molecule has 2 N–H and O–H groups in total. The Hall–Kier alpha value is -2.60. The van der Waals surface area contributed by atoms with Crippen molar-refractivity contribution in [3.63, 3.8) is 0 Å². The average molecular weight is 331 g/mol. The molecule has 0 atom stereocenters. The zero-order valence-electron chi connectivity index (χ0n) is 13.6. The Kier molecular flexibility index (Phi) is 6.14. The number of hydroxylamine groups is 2. The molecule has 0 saturated carbocycles. The average Bonchev–Trinajstić information content (AvgIpc) is 2.60. The van der Waals surface area contributed by atoms with Crippen LogP contribution in [0.4, 0.5) is 0 Å². The summed E-state index contributed by atoms with van der Waals surface area (Å²) in [5.41, 5.74) is 0.471. The molecule has 0 aliphatic rings. The number of rotatable bonds is 7. The van der Waals surface area contributed by atoms with Crippen molar-refractivity contribution in [3.05, 3.63) is 42.0 Å². The molecule has 0 unspecified atom stereocenters. The maximum Gasteiger partial charge on any atom is 0.305 e. The molecule has 0 aliphatic heterocycles. The van der Waals surface area contributed by atoms with Crippen LogP contribution >= 0.6 is 0 Å². The summed E-state index contributed by atoms with van der Waals surface area (Å²) in [4.78, 5) is 22.9. The van der Waals surface area contributed by atoms with Crippen LogP contribution in [0.5, 0.6) is 5.75 Å². The Morgan fingerprint density at radius 3 is 2.54 bits per heavy atom. The fraction of sp³-hybridized carbons (Fsp3) is 0.333. The van der Waals surface area contributed by atoms with Gasteiger partial charge in [0, 0.05) is 23.8 Å². The van der Waals surface area contributed by atoms with Gasteiger partial charge >= 0.3 is 5.97 Å². The summed E-state index contributed by atoms with van der Waals surface area (Å²) in [6, 6.07) is 10.9. The van der Waals surface area contributed by atoms with E-state index in [0.29, 0.717) is 28.9 Å². The molecule has 0 aliphatic carbocycles. The number of hydrogen-bond acceptors (Lipinski definition) is 5. The molecule has 0 bridgehead atoms. The van der Waals surface area contributed by atoms with E-state index < -0.39 is 5.91 Å². The maximum atomic E-state index is 11.9. The van der Waals surface area contributed by atoms with Gasteiger partial charge in [0.2, 0.25) is 5.91 Å². The summed E-state index contributed by atoms with van der Waals surface area (Å²) in [5.74, 6) is -0.706. The first kappa shape index (κ1) is 17.7. The summed E-state index contributed by atoms with van der Waals surface area (Å²) in [5, 5.41) is 22.3. The maximum absolute atomic E-state index is 11.9. The molecule has 2 aromatic carbocycles. The van der Waals surface area contributed by atoms with Gasteiger partial charge in [0.15, 0.2) is 0 Å². The fourth-order valence-electron chi connectivity index (χ4n) is 2.45. The molecule has 2 rings (SSSR count). The Labute approximate surface area is 140 Å². The van der Waals surface area contributed by atoms with Crippen LogP contribution < -0.4 is 0 Å². The molecule has 128 valence electrons. The number of esters is 1. The van der Waals surface area contributed by atoms with Gasteiger partial charge in [-0.25, -0.2) is 5.06 Å². The van der Waals surface area contributed by atoms with Crippen LogP contribution in [0.2, 0.25) is 0 Å². The largest absolute Gasteiger partial charge is 0.507 e. The van der Waals surface area contributed by atoms with E-state index in [-0.39, 0.29) is 31.1 Å².